The van der Waals surface area contributed by atoms with E-state index in [2.05, 4.69) is 31.5 Å². The van der Waals surface area contributed by atoms with Crippen LogP contribution in [0, 0.1) is 6.92 Å². The summed E-state index contributed by atoms with van der Waals surface area (Å²) >= 11 is 4.92. The van der Waals surface area contributed by atoms with Gasteiger partial charge in [-0.3, -0.25) is 4.79 Å². The molecule has 0 unspecified atom stereocenters. The molecule has 31 heavy (non-hydrogen) atoms. The lowest BCUT2D eigenvalue weighted by Crippen LogP contribution is -2.17. The third-order valence-corrected chi connectivity index (χ3v) is 6.05. The van der Waals surface area contributed by atoms with Crippen LogP contribution in [0.5, 0.6) is 11.5 Å². The number of aryl methyl sites for hydroxylation is 2. The van der Waals surface area contributed by atoms with Crippen molar-refractivity contribution in [3.63, 3.8) is 0 Å². The molecule has 0 fully saturated rings. The Bertz CT molecular complexity index is 890. The molecule has 0 N–H and O–H groups in total. The average Bonchev–Trinajstić information content (AvgIpc) is 2.68. The van der Waals surface area contributed by atoms with Crippen LogP contribution in [-0.2, 0) is 16.0 Å². The number of alkyl halides is 3. The lowest BCUT2D eigenvalue weighted by molar-refractivity contribution is -0.274. The van der Waals surface area contributed by atoms with E-state index in [0.29, 0.717) is 23.1 Å². The summed E-state index contributed by atoms with van der Waals surface area (Å²) in [7, 11) is 1.38. The molecule has 0 radical (unpaired) electrons. The Labute approximate surface area is 192 Å². The fraction of sp³-hybridized carbons (Fsp3) is 0.409. The lowest BCUT2D eigenvalue weighted by Gasteiger charge is -2.17. The fourth-order valence-corrected chi connectivity index (χ4v) is 4.33. The number of rotatable bonds is 10. The van der Waals surface area contributed by atoms with Gasteiger partial charge in [-0.15, -0.1) is 24.9 Å². The van der Waals surface area contributed by atoms with Crippen molar-refractivity contribution < 1.29 is 32.2 Å². The molecule has 0 aromatic heterocycles. The number of esters is 1. The summed E-state index contributed by atoms with van der Waals surface area (Å²) < 4.78 is 51.7. The predicted octanol–water partition coefficient (Wildman–Crippen LogP) is 6.71. The quantitative estimate of drug-likeness (QED) is 0.257. The topological polar surface area (TPSA) is 44.8 Å². The standard InChI is InChI=1S/C22H24BrF3O4S/c1-14-12-18(7-4-16(14)5-9-21(27)28-3)31-11-10-15(2)29-20-8-6-17(13-19(20)23)30-22(24,25)26/h4,6-8,12-13,15H,5,9-11H2,1-3H3/t15-/m0/s1. The van der Waals surface area contributed by atoms with Crippen LogP contribution in [0.4, 0.5) is 13.2 Å². The molecule has 0 amide bonds. The summed E-state index contributed by atoms with van der Waals surface area (Å²) in [4.78, 5) is 12.4. The Hall–Kier alpha value is -1.87. The van der Waals surface area contributed by atoms with Gasteiger partial charge in [-0.05, 0) is 84.1 Å². The van der Waals surface area contributed by atoms with Crippen molar-refractivity contribution in [2.75, 3.05) is 12.9 Å². The fourth-order valence-electron chi connectivity index (χ4n) is 2.77. The van der Waals surface area contributed by atoms with Gasteiger partial charge in [0, 0.05) is 17.1 Å². The summed E-state index contributed by atoms with van der Waals surface area (Å²) in [6.45, 7) is 3.93. The molecule has 2 rings (SSSR count). The molecule has 0 bridgehead atoms. The third-order valence-electron chi connectivity index (χ3n) is 4.40. The second-order valence-corrected chi connectivity index (χ2v) is 8.89. The maximum Gasteiger partial charge on any atom is 0.573 e. The van der Waals surface area contributed by atoms with Crippen molar-refractivity contribution >= 4 is 33.7 Å². The minimum atomic E-state index is -4.73. The normalized spacial score (nSPS) is 12.4. The Morgan fingerprint density at radius 3 is 2.55 bits per heavy atom. The lowest BCUT2D eigenvalue weighted by atomic mass is 10.0. The molecular formula is C22H24BrF3O4S. The van der Waals surface area contributed by atoms with E-state index in [9.17, 15) is 18.0 Å². The number of halogens is 4. The van der Waals surface area contributed by atoms with Crippen LogP contribution in [0.25, 0.3) is 0 Å². The number of hydrogen-bond acceptors (Lipinski definition) is 5. The number of ether oxygens (including phenoxy) is 3. The first-order valence-corrected chi connectivity index (χ1v) is 11.4. The van der Waals surface area contributed by atoms with E-state index < -0.39 is 6.36 Å². The minimum Gasteiger partial charge on any atom is -0.490 e. The number of methoxy groups -OCH3 is 1. The van der Waals surface area contributed by atoms with E-state index in [-0.39, 0.29) is 17.8 Å². The molecule has 0 saturated carbocycles. The highest BCUT2D eigenvalue weighted by Gasteiger charge is 2.31. The first-order chi connectivity index (χ1) is 14.6. The molecule has 4 nitrogen and oxygen atoms in total. The zero-order valence-corrected chi connectivity index (χ0v) is 19.8. The van der Waals surface area contributed by atoms with Crippen LogP contribution in [0.2, 0.25) is 0 Å². The van der Waals surface area contributed by atoms with Gasteiger partial charge >= 0.3 is 12.3 Å². The third kappa shape index (κ3) is 9.03. The van der Waals surface area contributed by atoms with E-state index in [1.165, 1.54) is 25.3 Å². The summed E-state index contributed by atoms with van der Waals surface area (Å²) in [5.74, 6) is 0.744. The van der Waals surface area contributed by atoms with Gasteiger partial charge < -0.3 is 14.2 Å². The van der Waals surface area contributed by atoms with Crippen LogP contribution >= 0.6 is 27.7 Å². The van der Waals surface area contributed by atoms with Crippen molar-refractivity contribution in [1.82, 2.24) is 0 Å². The van der Waals surface area contributed by atoms with Crippen LogP contribution < -0.4 is 9.47 Å². The van der Waals surface area contributed by atoms with E-state index in [1.54, 1.807) is 11.8 Å². The van der Waals surface area contributed by atoms with Crippen LogP contribution in [-0.4, -0.2) is 31.3 Å². The molecule has 0 aliphatic carbocycles. The molecule has 9 heteroatoms. The van der Waals surface area contributed by atoms with Gasteiger partial charge in [0.1, 0.15) is 11.5 Å². The molecule has 0 aliphatic rings. The van der Waals surface area contributed by atoms with Crippen LogP contribution in [0.3, 0.4) is 0 Å². The first-order valence-electron chi connectivity index (χ1n) is 9.58. The molecule has 0 saturated heterocycles. The van der Waals surface area contributed by atoms with E-state index >= 15 is 0 Å². The van der Waals surface area contributed by atoms with Crippen molar-refractivity contribution in [1.29, 1.82) is 0 Å². The number of carbonyl (C=O) groups excluding carboxylic acids is 1. The average molecular weight is 521 g/mol. The van der Waals surface area contributed by atoms with Crippen molar-refractivity contribution in [2.24, 2.45) is 0 Å². The number of carbonyl (C=O) groups is 1. The molecule has 1 atom stereocenters. The van der Waals surface area contributed by atoms with E-state index in [4.69, 9.17) is 4.74 Å². The summed E-state index contributed by atoms with van der Waals surface area (Å²) in [6, 6.07) is 10.1. The van der Waals surface area contributed by atoms with Crippen LogP contribution in [0.1, 0.15) is 30.9 Å². The monoisotopic (exact) mass is 520 g/mol. The second-order valence-electron chi connectivity index (χ2n) is 6.87. The smallest absolute Gasteiger partial charge is 0.490 e. The second kappa shape index (κ2) is 11.7. The first kappa shape index (κ1) is 25.4. The highest BCUT2D eigenvalue weighted by molar-refractivity contribution is 9.10. The highest BCUT2D eigenvalue weighted by Crippen LogP contribution is 2.33. The summed E-state index contributed by atoms with van der Waals surface area (Å²) in [6.07, 6.45) is -3.10. The van der Waals surface area contributed by atoms with Gasteiger partial charge in [0.05, 0.1) is 17.7 Å². The zero-order chi connectivity index (χ0) is 23.0. The minimum absolute atomic E-state index is 0.126. The molecule has 0 spiro atoms. The molecule has 0 heterocycles. The SMILES string of the molecule is COC(=O)CCc1ccc(SCC[C@H](C)Oc2ccc(OC(F)(F)F)cc2Br)cc1C. The summed E-state index contributed by atoms with van der Waals surface area (Å²) in [5, 5.41) is 0. The van der Waals surface area contributed by atoms with Gasteiger partial charge in [0.15, 0.2) is 0 Å². The summed E-state index contributed by atoms with van der Waals surface area (Å²) in [5.41, 5.74) is 2.25. The van der Waals surface area contributed by atoms with Gasteiger partial charge in [0.2, 0.25) is 0 Å². The molecule has 0 aliphatic heterocycles. The van der Waals surface area contributed by atoms with Gasteiger partial charge in [-0.2, -0.15) is 0 Å². The van der Waals surface area contributed by atoms with Gasteiger partial charge in [-0.1, -0.05) is 6.07 Å². The predicted molar refractivity (Wildman–Crippen MR) is 118 cm³/mol. The molecule has 2 aromatic carbocycles. The molecular weight excluding hydrogens is 497 g/mol. The Morgan fingerprint density at radius 1 is 1.19 bits per heavy atom. The Kier molecular flexibility index (Phi) is 9.55. The van der Waals surface area contributed by atoms with Crippen molar-refractivity contribution in [3.05, 3.63) is 52.0 Å². The van der Waals surface area contributed by atoms with E-state index in [1.807, 2.05) is 26.0 Å². The van der Waals surface area contributed by atoms with E-state index in [0.717, 1.165) is 28.2 Å². The number of thioether (sulfide) groups is 1. The highest BCUT2D eigenvalue weighted by atomic mass is 79.9. The van der Waals surface area contributed by atoms with Crippen molar-refractivity contribution in [3.8, 4) is 11.5 Å². The largest absolute Gasteiger partial charge is 0.573 e. The Balaban J connectivity index is 1.82. The maximum atomic E-state index is 12.3. The number of benzene rings is 2. The molecule has 2 aromatic rings. The number of hydrogen-bond donors (Lipinski definition) is 0. The Morgan fingerprint density at radius 2 is 1.94 bits per heavy atom. The van der Waals surface area contributed by atoms with Crippen LogP contribution in [0.15, 0.2) is 45.8 Å². The molecule has 170 valence electrons. The maximum absolute atomic E-state index is 12.3. The van der Waals surface area contributed by atoms with Gasteiger partial charge in [0.25, 0.3) is 0 Å². The zero-order valence-electron chi connectivity index (χ0n) is 17.4. The van der Waals surface area contributed by atoms with Crippen molar-refractivity contribution in [2.45, 2.75) is 50.5 Å². The van der Waals surface area contributed by atoms with Gasteiger partial charge in [-0.25, -0.2) is 0 Å².